The normalized spacial score (nSPS) is 15.3. The summed E-state index contributed by atoms with van der Waals surface area (Å²) >= 11 is 0. The summed E-state index contributed by atoms with van der Waals surface area (Å²) in [5, 5.41) is 0. The van der Waals surface area contributed by atoms with E-state index in [-0.39, 0.29) is 0 Å². The molecule has 1 nitrogen and oxygen atoms in total. The van der Waals surface area contributed by atoms with Crippen LogP contribution in [0.15, 0.2) is 24.3 Å². The molecule has 1 aromatic rings. The molecule has 0 N–H and O–H groups in total. The third kappa shape index (κ3) is 1.74. The van der Waals surface area contributed by atoms with Gasteiger partial charge in [-0.1, -0.05) is 24.3 Å². The maximum absolute atomic E-state index is 5.24. The molecule has 1 heterocycles. The van der Waals surface area contributed by atoms with Gasteiger partial charge in [-0.15, -0.1) is 12.3 Å². The third-order valence-corrected chi connectivity index (χ3v) is 2.48. The van der Waals surface area contributed by atoms with Crippen molar-refractivity contribution in [3.63, 3.8) is 0 Å². The molecule has 0 amide bonds. The SMILES string of the molecule is C#CCCN1Cc2ccccc2C1. The van der Waals surface area contributed by atoms with Crippen LogP contribution in [0, 0.1) is 12.3 Å². The van der Waals surface area contributed by atoms with Crippen LogP contribution in [0.25, 0.3) is 0 Å². The third-order valence-electron chi connectivity index (χ3n) is 2.48. The number of terminal acetylenes is 1. The Morgan fingerprint density at radius 3 is 2.38 bits per heavy atom. The molecular formula is C12H13N. The van der Waals surface area contributed by atoms with Crippen LogP contribution in [0.5, 0.6) is 0 Å². The molecule has 1 aliphatic heterocycles. The molecule has 66 valence electrons. The van der Waals surface area contributed by atoms with E-state index < -0.39 is 0 Å². The second kappa shape index (κ2) is 3.64. The van der Waals surface area contributed by atoms with E-state index in [1.807, 2.05) is 0 Å². The topological polar surface area (TPSA) is 3.24 Å². The fraction of sp³-hybridized carbons (Fsp3) is 0.333. The molecule has 0 fully saturated rings. The molecule has 13 heavy (non-hydrogen) atoms. The van der Waals surface area contributed by atoms with Crippen LogP contribution >= 0.6 is 0 Å². The van der Waals surface area contributed by atoms with E-state index in [2.05, 4.69) is 35.1 Å². The van der Waals surface area contributed by atoms with Gasteiger partial charge in [-0.3, -0.25) is 4.90 Å². The first kappa shape index (κ1) is 8.34. The standard InChI is InChI=1S/C12H13N/c1-2-3-8-13-9-11-6-4-5-7-12(11)10-13/h1,4-7H,3,8-10H2. The number of hydrogen-bond donors (Lipinski definition) is 0. The summed E-state index contributed by atoms with van der Waals surface area (Å²) < 4.78 is 0. The first-order valence-electron chi connectivity index (χ1n) is 4.63. The van der Waals surface area contributed by atoms with Gasteiger partial charge in [-0.05, 0) is 11.1 Å². The van der Waals surface area contributed by atoms with Crippen LogP contribution in [-0.2, 0) is 13.1 Å². The molecule has 0 saturated carbocycles. The van der Waals surface area contributed by atoms with Crippen molar-refractivity contribution < 1.29 is 0 Å². The lowest BCUT2D eigenvalue weighted by Gasteiger charge is -2.11. The quantitative estimate of drug-likeness (QED) is 0.615. The van der Waals surface area contributed by atoms with Gasteiger partial charge in [-0.25, -0.2) is 0 Å². The monoisotopic (exact) mass is 171 g/mol. The molecule has 0 spiro atoms. The average Bonchev–Trinajstić information content (AvgIpc) is 2.57. The molecule has 1 aliphatic rings. The Bertz CT molecular complexity index is 310. The predicted octanol–water partition coefficient (Wildman–Crippen LogP) is 2.03. The highest BCUT2D eigenvalue weighted by molar-refractivity contribution is 5.30. The minimum atomic E-state index is 0.855. The van der Waals surface area contributed by atoms with E-state index in [0.29, 0.717) is 0 Å². The minimum Gasteiger partial charge on any atom is -0.294 e. The maximum Gasteiger partial charge on any atom is 0.0240 e. The summed E-state index contributed by atoms with van der Waals surface area (Å²) in [5.74, 6) is 2.68. The summed E-state index contributed by atoms with van der Waals surface area (Å²) in [5.41, 5.74) is 2.92. The molecule has 0 aromatic heterocycles. The predicted molar refractivity (Wildman–Crippen MR) is 54.0 cm³/mol. The second-order valence-electron chi connectivity index (χ2n) is 3.43. The lowest BCUT2D eigenvalue weighted by atomic mass is 10.1. The Labute approximate surface area is 79.4 Å². The summed E-state index contributed by atoms with van der Waals surface area (Å²) in [4.78, 5) is 2.39. The zero-order valence-electron chi connectivity index (χ0n) is 7.66. The number of fused-ring (bicyclic) bond motifs is 1. The van der Waals surface area contributed by atoms with Crippen molar-refractivity contribution in [3.8, 4) is 12.3 Å². The number of hydrogen-bond acceptors (Lipinski definition) is 1. The molecule has 0 atom stereocenters. The van der Waals surface area contributed by atoms with E-state index in [4.69, 9.17) is 6.42 Å². The van der Waals surface area contributed by atoms with Gasteiger partial charge in [0.05, 0.1) is 0 Å². The first-order valence-corrected chi connectivity index (χ1v) is 4.63. The van der Waals surface area contributed by atoms with Gasteiger partial charge in [0.1, 0.15) is 0 Å². The van der Waals surface area contributed by atoms with Crippen molar-refractivity contribution in [2.75, 3.05) is 6.54 Å². The number of rotatable bonds is 2. The minimum absolute atomic E-state index is 0.855. The molecule has 1 aromatic carbocycles. The Morgan fingerprint density at radius 2 is 1.85 bits per heavy atom. The van der Waals surface area contributed by atoms with Crippen molar-refractivity contribution >= 4 is 0 Å². The second-order valence-corrected chi connectivity index (χ2v) is 3.43. The molecule has 0 aliphatic carbocycles. The lowest BCUT2D eigenvalue weighted by molar-refractivity contribution is 0.292. The molecule has 0 bridgehead atoms. The largest absolute Gasteiger partial charge is 0.294 e. The Hall–Kier alpha value is -1.26. The van der Waals surface area contributed by atoms with Gasteiger partial charge >= 0.3 is 0 Å². The average molecular weight is 171 g/mol. The fourth-order valence-electron chi connectivity index (χ4n) is 1.78. The zero-order chi connectivity index (χ0) is 9.10. The zero-order valence-corrected chi connectivity index (χ0v) is 7.66. The van der Waals surface area contributed by atoms with Gasteiger partial charge in [0.25, 0.3) is 0 Å². The smallest absolute Gasteiger partial charge is 0.0240 e. The summed E-state index contributed by atoms with van der Waals surface area (Å²) in [6, 6.07) is 8.60. The van der Waals surface area contributed by atoms with Gasteiger partial charge in [0.2, 0.25) is 0 Å². The van der Waals surface area contributed by atoms with Crippen molar-refractivity contribution in [2.45, 2.75) is 19.5 Å². The molecule has 0 saturated heterocycles. The molecule has 2 rings (SSSR count). The van der Waals surface area contributed by atoms with Gasteiger partial charge < -0.3 is 0 Å². The highest BCUT2D eigenvalue weighted by Gasteiger charge is 2.16. The Kier molecular flexibility index (Phi) is 2.33. The Balaban J connectivity index is 2.02. The van der Waals surface area contributed by atoms with Crippen molar-refractivity contribution in [2.24, 2.45) is 0 Å². The highest BCUT2D eigenvalue weighted by Crippen LogP contribution is 2.21. The van der Waals surface area contributed by atoms with E-state index in [1.165, 1.54) is 11.1 Å². The van der Waals surface area contributed by atoms with Gasteiger partial charge in [-0.2, -0.15) is 0 Å². The first-order chi connectivity index (χ1) is 6.40. The van der Waals surface area contributed by atoms with Crippen LogP contribution in [-0.4, -0.2) is 11.4 Å². The highest BCUT2D eigenvalue weighted by atomic mass is 15.1. The number of nitrogens with zero attached hydrogens (tertiary/aromatic N) is 1. The lowest BCUT2D eigenvalue weighted by Crippen LogP contribution is -2.16. The summed E-state index contributed by atoms with van der Waals surface area (Å²) in [7, 11) is 0. The number of benzene rings is 1. The van der Waals surface area contributed by atoms with Crippen LogP contribution < -0.4 is 0 Å². The van der Waals surface area contributed by atoms with E-state index in [1.54, 1.807) is 0 Å². The fourth-order valence-corrected chi connectivity index (χ4v) is 1.78. The molecule has 0 radical (unpaired) electrons. The van der Waals surface area contributed by atoms with Crippen molar-refractivity contribution in [1.29, 1.82) is 0 Å². The van der Waals surface area contributed by atoms with Crippen LogP contribution in [0.1, 0.15) is 17.5 Å². The van der Waals surface area contributed by atoms with Crippen molar-refractivity contribution in [1.82, 2.24) is 4.90 Å². The summed E-state index contributed by atoms with van der Waals surface area (Å²) in [6.07, 6.45) is 6.09. The Morgan fingerprint density at radius 1 is 1.23 bits per heavy atom. The molecular weight excluding hydrogens is 158 g/mol. The van der Waals surface area contributed by atoms with E-state index in [9.17, 15) is 0 Å². The maximum atomic E-state index is 5.24. The van der Waals surface area contributed by atoms with E-state index in [0.717, 1.165) is 26.1 Å². The van der Waals surface area contributed by atoms with Crippen LogP contribution in [0.4, 0.5) is 0 Å². The van der Waals surface area contributed by atoms with Crippen molar-refractivity contribution in [3.05, 3.63) is 35.4 Å². The molecule has 0 unspecified atom stereocenters. The molecule has 1 heteroatoms. The van der Waals surface area contributed by atoms with E-state index >= 15 is 0 Å². The van der Waals surface area contributed by atoms with Gasteiger partial charge in [0.15, 0.2) is 0 Å². The van der Waals surface area contributed by atoms with Gasteiger partial charge in [0, 0.05) is 26.1 Å². The summed E-state index contributed by atoms with van der Waals surface area (Å²) in [6.45, 7) is 3.15. The van der Waals surface area contributed by atoms with Crippen LogP contribution in [0.2, 0.25) is 0 Å². The van der Waals surface area contributed by atoms with Crippen LogP contribution in [0.3, 0.4) is 0 Å².